The van der Waals surface area contributed by atoms with Crippen molar-refractivity contribution in [2.24, 2.45) is 5.92 Å². The van der Waals surface area contributed by atoms with E-state index in [1.807, 2.05) is 70.2 Å². The Morgan fingerprint density at radius 3 is 2.33 bits per heavy atom. The predicted molar refractivity (Wildman–Crippen MR) is 111 cm³/mol. The quantitative estimate of drug-likeness (QED) is 0.677. The van der Waals surface area contributed by atoms with Crippen molar-refractivity contribution in [3.8, 4) is 0 Å². The van der Waals surface area contributed by atoms with Gasteiger partial charge < -0.3 is 15.4 Å². The number of rotatable bonds is 6. The molecule has 0 fully saturated rings. The molecule has 2 aromatic carbocycles. The summed E-state index contributed by atoms with van der Waals surface area (Å²) in [5, 5.41) is 5.55. The lowest BCUT2D eigenvalue weighted by atomic mass is 10.0. The molecule has 0 spiro atoms. The Hall–Kier alpha value is -2.34. The van der Waals surface area contributed by atoms with Gasteiger partial charge in [0.05, 0.1) is 5.69 Å². The minimum Gasteiger partial charge on any atom is -0.445 e. The third-order valence-electron chi connectivity index (χ3n) is 4.28. The second-order valence-electron chi connectivity index (χ2n) is 6.83. The summed E-state index contributed by atoms with van der Waals surface area (Å²) in [5.74, 6) is -0.384. The van der Waals surface area contributed by atoms with Crippen molar-refractivity contribution in [1.82, 2.24) is 5.32 Å². The third kappa shape index (κ3) is 6.10. The summed E-state index contributed by atoms with van der Waals surface area (Å²) in [7, 11) is 0. The van der Waals surface area contributed by atoms with E-state index in [9.17, 15) is 9.59 Å². The van der Waals surface area contributed by atoms with E-state index in [1.165, 1.54) is 0 Å². The number of ether oxygens (including phenoxy) is 1. The van der Waals surface area contributed by atoms with Crippen LogP contribution < -0.4 is 10.6 Å². The molecular formula is C21H25BrN2O3. The van der Waals surface area contributed by atoms with E-state index < -0.39 is 12.1 Å². The van der Waals surface area contributed by atoms with Crippen LogP contribution in [0.5, 0.6) is 0 Å². The van der Waals surface area contributed by atoms with E-state index in [4.69, 9.17) is 4.74 Å². The summed E-state index contributed by atoms with van der Waals surface area (Å²) in [6, 6.07) is 12.5. The van der Waals surface area contributed by atoms with Gasteiger partial charge in [0, 0.05) is 4.47 Å². The monoisotopic (exact) mass is 432 g/mol. The molecule has 0 unspecified atom stereocenters. The maximum Gasteiger partial charge on any atom is 0.408 e. The predicted octanol–water partition coefficient (Wildman–Crippen LogP) is 4.96. The molecule has 0 bridgehead atoms. The first kappa shape index (κ1) is 21.0. The van der Waals surface area contributed by atoms with Gasteiger partial charge >= 0.3 is 6.09 Å². The van der Waals surface area contributed by atoms with Gasteiger partial charge in [-0.2, -0.15) is 0 Å². The van der Waals surface area contributed by atoms with E-state index in [1.54, 1.807) is 0 Å². The molecule has 2 N–H and O–H groups in total. The van der Waals surface area contributed by atoms with Crippen LogP contribution in [-0.2, 0) is 16.1 Å². The van der Waals surface area contributed by atoms with Crippen molar-refractivity contribution in [2.45, 2.75) is 40.3 Å². The third-order valence-corrected chi connectivity index (χ3v) is 4.93. The highest BCUT2D eigenvalue weighted by Gasteiger charge is 2.25. The minimum absolute atomic E-state index is 0.0976. The zero-order chi connectivity index (χ0) is 20.0. The first-order chi connectivity index (χ1) is 12.8. The van der Waals surface area contributed by atoms with Gasteiger partial charge in [0.15, 0.2) is 0 Å². The summed E-state index contributed by atoms with van der Waals surface area (Å²) in [5.41, 5.74) is 3.76. The molecule has 0 aromatic heterocycles. The molecule has 0 aliphatic carbocycles. The summed E-state index contributed by atoms with van der Waals surface area (Å²) >= 11 is 3.47. The van der Waals surface area contributed by atoms with Crippen molar-refractivity contribution < 1.29 is 14.3 Å². The van der Waals surface area contributed by atoms with E-state index in [0.717, 1.165) is 21.2 Å². The number of carbonyl (C=O) groups excluding carboxylic acids is 2. The second kappa shape index (κ2) is 9.55. The standard InChI is InChI=1S/C21H25BrN2O3/c1-13(2)19(24-21(26)27-12-16-8-6-5-7-9-16)20(25)23-18-11-15(4)14(3)10-17(18)22/h5-11,13,19H,12H2,1-4H3,(H,23,25)(H,24,26)/t19-/m0/s1. The highest BCUT2D eigenvalue weighted by atomic mass is 79.9. The van der Waals surface area contributed by atoms with Gasteiger partial charge in [0.2, 0.25) is 5.91 Å². The summed E-state index contributed by atoms with van der Waals surface area (Å²) in [6.45, 7) is 7.89. The molecule has 0 radical (unpaired) electrons. The fourth-order valence-corrected chi connectivity index (χ4v) is 3.07. The van der Waals surface area contributed by atoms with Gasteiger partial charge in [-0.25, -0.2) is 4.79 Å². The Balaban J connectivity index is 2.00. The van der Waals surface area contributed by atoms with Crippen LogP contribution in [0.2, 0.25) is 0 Å². The number of aryl methyl sites for hydroxylation is 2. The molecule has 0 aliphatic rings. The molecular weight excluding hydrogens is 408 g/mol. The molecule has 5 nitrogen and oxygen atoms in total. The van der Waals surface area contributed by atoms with Gasteiger partial charge in [-0.3, -0.25) is 4.79 Å². The number of halogens is 1. The van der Waals surface area contributed by atoms with Crippen LogP contribution in [0.3, 0.4) is 0 Å². The average Bonchev–Trinajstić information content (AvgIpc) is 2.63. The molecule has 27 heavy (non-hydrogen) atoms. The molecule has 6 heteroatoms. The number of hydrogen-bond acceptors (Lipinski definition) is 3. The zero-order valence-electron chi connectivity index (χ0n) is 16.0. The number of hydrogen-bond donors (Lipinski definition) is 2. The van der Waals surface area contributed by atoms with E-state index >= 15 is 0 Å². The fourth-order valence-electron chi connectivity index (χ4n) is 2.51. The highest BCUT2D eigenvalue weighted by Crippen LogP contribution is 2.26. The lowest BCUT2D eigenvalue weighted by Crippen LogP contribution is -2.47. The Kier molecular flexibility index (Phi) is 7.42. The van der Waals surface area contributed by atoms with Crippen LogP contribution in [0.25, 0.3) is 0 Å². The molecule has 0 saturated carbocycles. The highest BCUT2D eigenvalue weighted by molar-refractivity contribution is 9.10. The van der Waals surface area contributed by atoms with Crippen LogP contribution in [0.4, 0.5) is 10.5 Å². The SMILES string of the molecule is Cc1cc(Br)c(NC(=O)[C@@H](NC(=O)OCc2ccccc2)C(C)C)cc1C. The maximum absolute atomic E-state index is 12.7. The lowest BCUT2D eigenvalue weighted by molar-refractivity contribution is -0.119. The molecule has 2 rings (SSSR count). The zero-order valence-corrected chi connectivity index (χ0v) is 17.6. The second-order valence-corrected chi connectivity index (χ2v) is 7.69. The molecule has 1 atom stereocenters. The van der Waals surface area contributed by atoms with Crippen LogP contribution >= 0.6 is 15.9 Å². The number of amides is 2. The summed E-state index contributed by atoms with van der Waals surface area (Å²) < 4.78 is 6.03. The van der Waals surface area contributed by atoms with E-state index in [2.05, 4.69) is 26.6 Å². The number of carbonyl (C=O) groups is 2. The van der Waals surface area contributed by atoms with Gasteiger partial charge in [0.1, 0.15) is 12.6 Å². The topological polar surface area (TPSA) is 67.4 Å². The minimum atomic E-state index is -0.707. The Bertz CT molecular complexity index is 807. The van der Waals surface area contributed by atoms with Gasteiger partial charge in [-0.1, -0.05) is 44.2 Å². The van der Waals surface area contributed by atoms with Gasteiger partial charge in [-0.15, -0.1) is 0 Å². The molecule has 144 valence electrons. The van der Waals surface area contributed by atoms with Crippen molar-refractivity contribution >= 4 is 33.6 Å². The van der Waals surface area contributed by atoms with Gasteiger partial charge in [0.25, 0.3) is 0 Å². The van der Waals surface area contributed by atoms with Crippen LogP contribution in [0.15, 0.2) is 46.9 Å². The Labute approximate surface area is 168 Å². The molecule has 0 saturated heterocycles. The number of nitrogens with one attached hydrogen (secondary N) is 2. The molecule has 0 aliphatic heterocycles. The van der Waals surface area contributed by atoms with Crippen molar-refractivity contribution in [3.05, 3.63) is 63.6 Å². The largest absolute Gasteiger partial charge is 0.445 e. The van der Waals surface area contributed by atoms with E-state index in [-0.39, 0.29) is 18.4 Å². The van der Waals surface area contributed by atoms with Crippen molar-refractivity contribution in [2.75, 3.05) is 5.32 Å². The van der Waals surface area contributed by atoms with Gasteiger partial charge in [-0.05, 0) is 64.5 Å². The Morgan fingerprint density at radius 2 is 1.70 bits per heavy atom. The summed E-state index contributed by atoms with van der Waals surface area (Å²) in [6.07, 6.45) is -0.619. The lowest BCUT2D eigenvalue weighted by Gasteiger charge is -2.22. The first-order valence-corrected chi connectivity index (χ1v) is 9.62. The smallest absolute Gasteiger partial charge is 0.408 e. The Morgan fingerprint density at radius 1 is 1.07 bits per heavy atom. The molecule has 0 heterocycles. The molecule has 2 aromatic rings. The molecule has 2 amide bonds. The first-order valence-electron chi connectivity index (χ1n) is 8.82. The average molecular weight is 433 g/mol. The summed E-state index contributed by atoms with van der Waals surface area (Å²) in [4.78, 5) is 24.8. The van der Waals surface area contributed by atoms with Crippen molar-refractivity contribution in [1.29, 1.82) is 0 Å². The van der Waals surface area contributed by atoms with Crippen molar-refractivity contribution in [3.63, 3.8) is 0 Å². The number of anilines is 1. The fraction of sp³-hybridized carbons (Fsp3) is 0.333. The van der Waals surface area contributed by atoms with E-state index in [0.29, 0.717) is 5.69 Å². The van der Waals surface area contributed by atoms with Crippen LogP contribution in [-0.4, -0.2) is 18.0 Å². The normalized spacial score (nSPS) is 11.8. The van der Waals surface area contributed by atoms with Crippen LogP contribution in [0, 0.1) is 19.8 Å². The number of alkyl carbamates (subject to hydrolysis) is 1. The number of benzene rings is 2. The maximum atomic E-state index is 12.7. The van der Waals surface area contributed by atoms with Crippen LogP contribution in [0.1, 0.15) is 30.5 Å².